The standard InChI is InChI=1S/C14H13F2N3O3/c1-7-17-13(18-22-7)14(21)19-6-9(20)5-12(19)8-2-3-10(15)11(16)4-8/h2-4,9,12,20H,5-6H2,1H3. The van der Waals surface area contributed by atoms with Gasteiger partial charge in [-0.15, -0.1) is 0 Å². The number of carbonyl (C=O) groups is 1. The number of aliphatic hydroxyl groups is 1. The van der Waals surface area contributed by atoms with Gasteiger partial charge in [0.2, 0.25) is 5.89 Å². The average molecular weight is 309 g/mol. The molecule has 1 aliphatic rings. The molecule has 0 spiro atoms. The van der Waals surface area contributed by atoms with E-state index in [9.17, 15) is 18.7 Å². The lowest BCUT2D eigenvalue weighted by molar-refractivity contribution is 0.0700. The van der Waals surface area contributed by atoms with Gasteiger partial charge in [0, 0.05) is 13.5 Å². The summed E-state index contributed by atoms with van der Waals surface area (Å²) in [6.45, 7) is 1.62. The highest BCUT2D eigenvalue weighted by Crippen LogP contribution is 2.33. The van der Waals surface area contributed by atoms with Gasteiger partial charge in [0.15, 0.2) is 11.6 Å². The van der Waals surface area contributed by atoms with Crippen LogP contribution in [0.25, 0.3) is 0 Å². The molecule has 1 aliphatic heterocycles. The summed E-state index contributed by atoms with van der Waals surface area (Å²) < 4.78 is 31.2. The number of hydrogen-bond acceptors (Lipinski definition) is 5. The normalized spacial score (nSPS) is 21.4. The summed E-state index contributed by atoms with van der Waals surface area (Å²) in [6.07, 6.45) is -0.525. The molecule has 2 aromatic rings. The van der Waals surface area contributed by atoms with Gasteiger partial charge in [-0.25, -0.2) is 8.78 Å². The van der Waals surface area contributed by atoms with Gasteiger partial charge in [0.05, 0.1) is 12.1 Å². The van der Waals surface area contributed by atoms with Gasteiger partial charge in [-0.1, -0.05) is 11.2 Å². The second-order valence-electron chi connectivity index (χ2n) is 5.17. The van der Waals surface area contributed by atoms with Crippen molar-refractivity contribution in [2.45, 2.75) is 25.5 Å². The summed E-state index contributed by atoms with van der Waals surface area (Å²) in [6, 6.07) is 2.84. The Morgan fingerprint density at radius 2 is 2.18 bits per heavy atom. The van der Waals surface area contributed by atoms with E-state index in [0.717, 1.165) is 12.1 Å². The maximum absolute atomic E-state index is 13.4. The Balaban J connectivity index is 1.91. The van der Waals surface area contributed by atoms with E-state index in [1.807, 2.05) is 0 Å². The van der Waals surface area contributed by atoms with E-state index in [0.29, 0.717) is 5.56 Å². The lowest BCUT2D eigenvalue weighted by Gasteiger charge is -2.23. The molecule has 0 saturated carbocycles. The minimum Gasteiger partial charge on any atom is -0.391 e. The van der Waals surface area contributed by atoms with Crippen molar-refractivity contribution in [3.8, 4) is 0 Å². The van der Waals surface area contributed by atoms with Gasteiger partial charge in [-0.2, -0.15) is 4.98 Å². The minimum absolute atomic E-state index is 0.0656. The first-order valence-corrected chi connectivity index (χ1v) is 6.70. The lowest BCUT2D eigenvalue weighted by atomic mass is 10.0. The molecule has 22 heavy (non-hydrogen) atoms. The SMILES string of the molecule is Cc1nc(C(=O)N2CC(O)CC2c2ccc(F)c(F)c2)no1. The van der Waals surface area contributed by atoms with Gasteiger partial charge >= 0.3 is 0 Å². The van der Waals surface area contributed by atoms with Crippen LogP contribution in [0.1, 0.15) is 34.5 Å². The van der Waals surface area contributed by atoms with Crippen LogP contribution in [0.15, 0.2) is 22.7 Å². The summed E-state index contributed by atoms with van der Waals surface area (Å²) >= 11 is 0. The van der Waals surface area contributed by atoms with Crippen molar-refractivity contribution < 1.29 is 23.2 Å². The monoisotopic (exact) mass is 309 g/mol. The van der Waals surface area contributed by atoms with Crippen molar-refractivity contribution in [2.75, 3.05) is 6.54 Å². The Hall–Kier alpha value is -2.35. The third kappa shape index (κ3) is 2.57. The molecular formula is C14H13F2N3O3. The quantitative estimate of drug-likeness (QED) is 0.911. The second-order valence-corrected chi connectivity index (χ2v) is 5.17. The summed E-state index contributed by atoms with van der Waals surface area (Å²) in [7, 11) is 0. The van der Waals surface area contributed by atoms with Gasteiger partial charge in [-0.05, 0) is 24.1 Å². The number of likely N-dealkylation sites (tertiary alicyclic amines) is 1. The summed E-state index contributed by atoms with van der Waals surface area (Å²) in [5.74, 6) is -2.37. The Morgan fingerprint density at radius 3 is 2.82 bits per heavy atom. The van der Waals surface area contributed by atoms with Crippen LogP contribution in [0.5, 0.6) is 0 Å². The molecule has 2 heterocycles. The van der Waals surface area contributed by atoms with E-state index in [2.05, 4.69) is 10.1 Å². The number of hydrogen-bond donors (Lipinski definition) is 1. The molecule has 6 nitrogen and oxygen atoms in total. The van der Waals surface area contributed by atoms with Crippen LogP contribution in [0, 0.1) is 18.6 Å². The number of benzene rings is 1. The molecular weight excluding hydrogens is 296 g/mol. The molecule has 1 fully saturated rings. The molecule has 1 aromatic heterocycles. The predicted molar refractivity (Wildman–Crippen MR) is 69.8 cm³/mol. The molecule has 1 saturated heterocycles. The average Bonchev–Trinajstić information content (AvgIpc) is 3.07. The van der Waals surface area contributed by atoms with Gasteiger partial charge in [0.25, 0.3) is 11.7 Å². The molecule has 0 aliphatic carbocycles. The molecule has 3 rings (SSSR count). The summed E-state index contributed by atoms with van der Waals surface area (Å²) in [4.78, 5) is 17.6. The van der Waals surface area contributed by atoms with Crippen molar-refractivity contribution in [1.29, 1.82) is 0 Å². The second kappa shape index (κ2) is 5.45. The third-order valence-electron chi connectivity index (χ3n) is 3.59. The number of rotatable bonds is 2. The molecule has 0 bridgehead atoms. The van der Waals surface area contributed by atoms with Crippen molar-refractivity contribution in [1.82, 2.24) is 15.0 Å². The number of β-amino-alcohol motifs (C(OH)–C–C–N with tert-alkyl or cyclic N) is 1. The van der Waals surface area contributed by atoms with E-state index >= 15 is 0 Å². The fourth-order valence-electron chi connectivity index (χ4n) is 2.59. The third-order valence-corrected chi connectivity index (χ3v) is 3.59. The van der Waals surface area contributed by atoms with E-state index < -0.39 is 29.7 Å². The fraction of sp³-hybridized carbons (Fsp3) is 0.357. The smallest absolute Gasteiger partial charge is 0.295 e. The van der Waals surface area contributed by atoms with Crippen LogP contribution >= 0.6 is 0 Å². The first kappa shape index (κ1) is 14.6. The maximum atomic E-state index is 13.4. The zero-order valence-electron chi connectivity index (χ0n) is 11.7. The Labute approximate surface area is 124 Å². The first-order valence-electron chi connectivity index (χ1n) is 6.70. The molecule has 2 atom stereocenters. The zero-order chi connectivity index (χ0) is 15.9. The van der Waals surface area contributed by atoms with Crippen molar-refractivity contribution >= 4 is 5.91 Å². The number of amides is 1. The maximum Gasteiger partial charge on any atom is 0.295 e. The van der Waals surface area contributed by atoms with Crippen LogP contribution < -0.4 is 0 Å². The predicted octanol–water partition coefficient (Wildman–Crippen LogP) is 1.60. The minimum atomic E-state index is -0.998. The fourth-order valence-corrected chi connectivity index (χ4v) is 2.59. The largest absolute Gasteiger partial charge is 0.391 e. The molecule has 1 amide bonds. The number of halogens is 2. The molecule has 0 radical (unpaired) electrons. The Kier molecular flexibility index (Phi) is 3.61. The van der Waals surface area contributed by atoms with Crippen molar-refractivity contribution in [2.24, 2.45) is 0 Å². The van der Waals surface area contributed by atoms with E-state index in [-0.39, 0.29) is 24.7 Å². The van der Waals surface area contributed by atoms with Crippen molar-refractivity contribution in [3.63, 3.8) is 0 Å². The Bertz CT molecular complexity index is 719. The van der Waals surface area contributed by atoms with E-state index in [1.54, 1.807) is 6.92 Å². The number of carbonyl (C=O) groups excluding carboxylic acids is 1. The summed E-state index contributed by atoms with van der Waals surface area (Å²) in [5.41, 5.74) is 0.406. The lowest BCUT2D eigenvalue weighted by Crippen LogP contribution is -2.32. The van der Waals surface area contributed by atoms with Crippen LogP contribution in [0.4, 0.5) is 8.78 Å². The topological polar surface area (TPSA) is 79.5 Å². The zero-order valence-corrected chi connectivity index (χ0v) is 11.7. The number of aliphatic hydroxyl groups excluding tert-OH is 1. The first-order chi connectivity index (χ1) is 10.5. The molecule has 1 N–H and O–H groups in total. The molecule has 116 valence electrons. The number of nitrogens with zero attached hydrogens (tertiary/aromatic N) is 3. The molecule has 2 unspecified atom stereocenters. The van der Waals surface area contributed by atoms with Crippen LogP contribution in [0.2, 0.25) is 0 Å². The number of aromatic nitrogens is 2. The highest BCUT2D eigenvalue weighted by Gasteiger charge is 2.37. The van der Waals surface area contributed by atoms with Crippen LogP contribution in [-0.2, 0) is 0 Å². The van der Waals surface area contributed by atoms with E-state index in [4.69, 9.17) is 4.52 Å². The highest BCUT2D eigenvalue weighted by molar-refractivity contribution is 5.90. The van der Waals surface area contributed by atoms with Gasteiger partial charge < -0.3 is 14.5 Å². The number of aryl methyl sites for hydroxylation is 1. The highest BCUT2D eigenvalue weighted by atomic mass is 19.2. The van der Waals surface area contributed by atoms with Crippen molar-refractivity contribution in [3.05, 3.63) is 47.1 Å². The van der Waals surface area contributed by atoms with Gasteiger partial charge in [0.1, 0.15) is 0 Å². The van der Waals surface area contributed by atoms with Gasteiger partial charge in [-0.3, -0.25) is 4.79 Å². The molecule has 8 heteroatoms. The Morgan fingerprint density at radius 1 is 1.41 bits per heavy atom. The summed E-state index contributed by atoms with van der Waals surface area (Å²) in [5, 5.41) is 13.4. The molecule has 1 aromatic carbocycles. The van der Waals surface area contributed by atoms with Crippen LogP contribution in [0.3, 0.4) is 0 Å². The van der Waals surface area contributed by atoms with Crippen LogP contribution in [-0.4, -0.2) is 38.7 Å². The van der Waals surface area contributed by atoms with E-state index in [1.165, 1.54) is 11.0 Å².